The molecule has 1 amide bonds. The second kappa shape index (κ2) is 6.61. The number of sulfone groups is 1. The van der Waals surface area contributed by atoms with Crippen LogP contribution in [0.4, 0.5) is 0 Å². The lowest BCUT2D eigenvalue weighted by Gasteiger charge is -2.22. The van der Waals surface area contributed by atoms with Crippen molar-refractivity contribution in [2.45, 2.75) is 38.3 Å². The molecular weight excluding hydrogens is 312 g/mol. The number of fused-ring (bicyclic) bond motifs is 1. The number of aryl methyl sites for hydroxylation is 2. The van der Waals surface area contributed by atoms with E-state index in [0.29, 0.717) is 13.0 Å². The Balaban J connectivity index is 1.48. The average Bonchev–Trinajstić information content (AvgIpc) is 3.10. The van der Waals surface area contributed by atoms with Gasteiger partial charge in [0, 0.05) is 12.6 Å². The summed E-state index contributed by atoms with van der Waals surface area (Å²) >= 11 is 0. The van der Waals surface area contributed by atoms with E-state index in [1.165, 1.54) is 17.5 Å². The fraction of sp³-hybridized carbons (Fsp3) is 0.588. The summed E-state index contributed by atoms with van der Waals surface area (Å²) in [7, 11) is -1.09. The van der Waals surface area contributed by atoms with Gasteiger partial charge in [-0.25, -0.2) is 8.42 Å². The van der Waals surface area contributed by atoms with E-state index in [4.69, 9.17) is 0 Å². The Bertz CT molecular complexity index is 700. The van der Waals surface area contributed by atoms with Crippen molar-refractivity contribution in [3.8, 4) is 0 Å². The molecule has 23 heavy (non-hydrogen) atoms. The molecule has 0 bridgehead atoms. The lowest BCUT2D eigenvalue weighted by atomic mass is 10.1. The second-order valence-electron chi connectivity index (χ2n) is 6.71. The number of carbonyl (C=O) groups is 1. The monoisotopic (exact) mass is 336 g/mol. The SMILES string of the molecule is CN(CC(=O)NCc1ccc2c(c1)CCC2)[C@H]1CCS(=O)(=O)C1. The lowest BCUT2D eigenvalue weighted by molar-refractivity contribution is -0.122. The van der Waals surface area contributed by atoms with E-state index >= 15 is 0 Å². The number of hydrogen-bond donors (Lipinski definition) is 1. The summed E-state index contributed by atoms with van der Waals surface area (Å²) < 4.78 is 23.0. The topological polar surface area (TPSA) is 66.5 Å². The van der Waals surface area contributed by atoms with E-state index in [2.05, 4.69) is 23.5 Å². The summed E-state index contributed by atoms with van der Waals surface area (Å²) in [6, 6.07) is 6.40. The molecule has 1 aliphatic heterocycles. The van der Waals surface area contributed by atoms with Crippen molar-refractivity contribution in [2.75, 3.05) is 25.1 Å². The van der Waals surface area contributed by atoms with Gasteiger partial charge in [0.2, 0.25) is 5.91 Å². The third-order valence-corrected chi connectivity index (χ3v) is 6.63. The minimum Gasteiger partial charge on any atom is -0.351 e. The molecule has 1 heterocycles. The van der Waals surface area contributed by atoms with E-state index in [1.807, 2.05) is 11.9 Å². The highest BCUT2D eigenvalue weighted by Gasteiger charge is 2.31. The Hall–Kier alpha value is -1.40. The van der Waals surface area contributed by atoms with Gasteiger partial charge in [-0.1, -0.05) is 18.2 Å². The highest BCUT2D eigenvalue weighted by molar-refractivity contribution is 7.91. The predicted molar refractivity (Wildman–Crippen MR) is 90.0 cm³/mol. The maximum absolute atomic E-state index is 12.1. The van der Waals surface area contributed by atoms with Crippen LogP contribution in [0.15, 0.2) is 18.2 Å². The third-order valence-electron chi connectivity index (χ3n) is 4.88. The number of likely N-dealkylation sites (N-methyl/N-ethyl adjacent to an activating group) is 1. The zero-order valence-electron chi connectivity index (χ0n) is 13.5. The first kappa shape index (κ1) is 16.5. The van der Waals surface area contributed by atoms with Gasteiger partial charge < -0.3 is 5.32 Å². The summed E-state index contributed by atoms with van der Waals surface area (Å²) in [5.41, 5.74) is 3.97. The van der Waals surface area contributed by atoms with Gasteiger partial charge in [0.25, 0.3) is 0 Å². The fourth-order valence-corrected chi connectivity index (χ4v) is 5.28. The molecule has 1 saturated heterocycles. The Kier molecular flexibility index (Phi) is 4.73. The van der Waals surface area contributed by atoms with Crippen molar-refractivity contribution < 1.29 is 13.2 Å². The van der Waals surface area contributed by atoms with Gasteiger partial charge >= 0.3 is 0 Å². The number of carbonyl (C=O) groups excluding carboxylic acids is 1. The molecule has 126 valence electrons. The normalized spacial score (nSPS) is 22.3. The van der Waals surface area contributed by atoms with Crippen LogP contribution < -0.4 is 5.32 Å². The van der Waals surface area contributed by atoms with Crippen molar-refractivity contribution >= 4 is 15.7 Å². The Labute approximate surface area is 138 Å². The van der Waals surface area contributed by atoms with Crippen molar-refractivity contribution in [2.24, 2.45) is 0 Å². The van der Waals surface area contributed by atoms with Gasteiger partial charge in [-0.15, -0.1) is 0 Å². The molecule has 1 atom stereocenters. The average molecular weight is 336 g/mol. The number of benzene rings is 1. The van der Waals surface area contributed by atoms with Gasteiger partial charge in [-0.05, 0) is 49.4 Å². The minimum absolute atomic E-state index is 0.0363. The largest absolute Gasteiger partial charge is 0.351 e. The lowest BCUT2D eigenvalue weighted by Crippen LogP contribution is -2.41. The summed E-state index contributed by atoms with van der Waals surface area (Å²) in [5, 5.41) is 2.94. The zero-order chi connectivity index (χ0) is 16.4. The molecule has 1 fully saturated rings. The summed E-state index contributed by atoms with van der Waals surface area (Å²) in [6.45, 7) is 0.772. The summed E-state index contributed by atoms with van der Waals surface area (Å²) in [6.07, 6.45) is 4.14. The molecule has 0 spiro atoms. The molecule has 1 N–H and O–H groups in total. The Morgan fingerprint density at radius 3 is 2.83 bits per heavy atom. The molecule has 1 aromatic rings. The quantitative estimate of drug-likeness (QED) is 0.868. The smallest absolute Gasteiger partial charge is 0.234 e. The fourth-order valence-electron chi connectivity index (χ4n) is 3.47. The Morgan fingerprint density at radius 2 is 2.09 bits per heavy atom. The molecule has 5 nitrogen and oxygen atoms in total. The second-order valence-corrected chi connectivity index (χ2v) is 8.93. The highest BCUT2D eigenvalue weighted by atomic mass is 32.2. The van der Waals surface area contributed by atoms with Crippen LogP contribution in [0, 0.1) is 0 Å². The van der Waals surface area contributed by atoms with E-state index in [1.54, 1.807) is 0 Å². The zero-order valence-corrected chi connectivity index (χ0v) is 14.4. The minimum atomic E-state index is -2.91. The van der Waals surface area contributed by atoms with E-state index in [9.17, 15) is 13.2 Å². The third kappa shape index (κ3) is 4.12. The van der Waals surface area contributed by atoms with E-state index in [-0.39, 0.29) is 30.0 Å². The molecule has 6 heteroatoms. The molecule has 2 aliphatic rings. The molecule has 3 rings (SSSR count). The maximum Gasteiger partial charge on any atom is 0.234 e. The molecular formula is C17H24N2O3S. The van der Waals surface area contributed by atoms with Crippen LogP contribution in [-0.4, -0.2) is 50.4 Å². The van der Waals surface area contributed by atoms with Crippen LogP contribution in [0.1, 0.15) is 29.5 Å². The Morgan fingerprint density at radius 1 is 1.30 bits per heavy atom. The van der Waals surface area contributed by atoms with Crippen LogP contribution in [0.5, 0.6) is 0 Å². The first-order valence-corrected chi connectivity index (χ1v) is 10.0. The number of rotatable bonds is 5. The van der Waals surface area contributed by atoms with Crippen LogP contribution >= 0.6 is 0 Å². The van der Waals surface area contributed by atoms with Crippen LogP contribution in [0.25, 0.3) is 0 Å². The molecule has 0 unspecified atom stereocenters. The van der Waals surface area contributed by atoms with E-state index in [0.717, 1.165) is 18.4 Å². The van der Waals surface area contributed by atoms with Crippen LogP contribution in [0.2, 0.25) is 0 Å². The highest BCUT2D eigenvalue weighted by Crippen LogP contribution is 2.22. The summed E-state index contributed by atoms with van der Waals surface area (Å²) in [5.74, 6) is 0.345. The van der Waals surface area contributed by atoms with Crippen molar-refractivity contribution in [3.63, 3.8) is 0 Å². The van der Waals surface area contributed by atoms with Crippen molar-refractivity contribution in [1.82, 2.24) is 10.2 Å². The van der Waals surface area contributed by atoms with Crippen molar-refractivity contribution in [3.05, 3.63) is 34.9 Å². The molecule has 0 radical (unpaired) electrons. The van der Waals surface area contributed by atoms with Crippen LogP contribution in [-0.2, 0) is 34.0 Å². The van der Waals surface area contributed by atoms with Crippen molar-refractivity contribution in [1.29, 1.82) is 0 Å². The standard InChI is InChI=1S/C17H24N2O3S/c1-19(16-7-8-23(21,22)12-16)11-17(20)18-10-13-5-6-14-3-2-4-15(14)9-13/h5-6,9,16H,2-4,7-8,10-12H2,1H3,(H,18,20)/t16-/m0/s1. The van der Waals surface area contributed by atoms with Gasteiger partial charge in [0.15, 0.2) is 9.84 Å². The molecule has 0 aromatic heterocycles. The van der Waals surface area contributed by atoms with Crippen LogP contribution in [0.3, 0.4) is 0 Å². The predicted octanol–water partition coefficient (Wildman–Crippen LogP) is 0.910. The van der Waals surface area contributed by atoms with Gasteiger partial charge in [0.05, 0.1) is 18.1 Å². The number of amides is 1. The van der Waals surface area contributed by atoms with Gasteiger partial charge in [-0.3, -0.25) is 9.69 Å². The molecule has 0 saturated carbocycles. The number of hydrogen-bond acceptors (Lipinski definition) is 4. The molecule has 1 aliphatic carbocycles. The van der Waals surface area contributed by atoms with Gasteiger partial charge in [-0.2, -0.15) is 0 Å². The van der Waals surface area contributed by atoms with Gasteiger partial charge in [0.1, 0.15) is 0 Å². The van der Waals surface area contributed by atoms with E-state index < -0.39 is 9.84 Å². The molecule has 1 aromatic carbocycles. The number of nitrogens with zero attached hydrogens (tertiary/aromatic N) is 1. The maximum atomic E-state index is 12.1. The summed E-state index contributed by atoms with van der Waals surface area (Å²) in [4.78, 5) is 13.9. The first-order valence-electron chi connectivity index (χ1n) is 8.21. The number of nitrogens with one attached hydrogen (secondary N) is 1. The first-order chi connectivity index (χ1) is 10.9.